The molecule has 1 aliphatic heterocycles. The van der Waals surface area contributed by atoms with Gasteiger partial charge in [-0.15, -0.1) is 17.9 Å². The number of Topliss-reactive ketones (excluding diaryl/α,β-unsaturated/α-hetero) is 1. The summed E-state index contributed by atoms with van der Waals surface area (Å²) in [5.74, 6) is -0.829. The molecular weight excluding hydrogens is 378 g/mol. The van der Waals surface area contributed by atoms with Crippen molar-refractivity contribution in [1.29, 1.82) is 0 Å². The topological polar surface area (TPSA) is 82.5 Å². The Morgan fingerprint density at radius 2 is 2.32 bits per heavy atom. The number of carbonyl (C=O) groups excluding carboxylic acids is 2. The van der Waals surface area contributed by atoms with E-state index in [0.717, 1.165) is 37.4 Å². The average Bonchev–Trinajstić information content (AvgIpc) is 3.42. The van der Waals surface area contributed by atoms with Crippen LogP contribution in [0.2, 0.25) is 0 Å². The molecule has 7 nitrogen and oxygen atoms in total. The van der Waals surface area contributed by atoms with Crippen LogP contribution in [0.5, 0.6) is 0 Å². The second-order valence-corrected chi connectivity index (χ2v) is 7.60. The maximum absolute atomic E-state index is 12.6. The summed E-state index contributed by atoms with van der Waals surface area (Å²) in [5.41, 5.74) is 2.64. The van der Waals surface area contributed by atoms with E-state index in [2.05, 4.69) is 21.4 Å². The first-order valence-electron chi connectivity index (χ1n) is 9.28. The zero-order valence-corrected chi connectivity index (χ0v) is 17.0. The zero-order chi connectivity index (χ0) is 20.1. The lowest BCUT2D eigenvalue weighted by Crippen LogP contribution is -2.18. The zero-order valence-electron chi connectivity index (χ0n) is 16.2. The number of anilines is 1. The normalized spacial score (nSPS) is 16.1. The van der Waals surface area contributed by atoms with Gasteiger partial charge in [0, 0.05) is 42.0 Å². The summed E-state index contributed by atoms with van der Waals surface area (Å²) < 4.78 is 13.0. The van der Waals surface area contributed by atoms with Crippen molar-refractivity contribution < 1.29 is 19.1 Å². The van der Waals surface area contributed by atoms with Crippen LogP contribution >= 0.6 is 11.3 Å². The second kappa shape index (κ2) is 9.16. The highest BCUT2D eigenvalue weighted by molar-refractivity contribution is 7.13. The Balaban J connectivity index is 1.59. The summed E-state index contributed by atoms with van der Waals surface area (Å²) in [6.07, 6.45) is 4.01. The van der Waals surface area contributed by atoms with Gasteiger partial charge >= 0.3 is 5.97 Å². The van der Waals surface area contributed by atoms with Gasteiger partial charge in [-0.3, -0.25) is 4.79 Å². The van der Waals surface area contributed by atoms with Gasteiger partial charge in [0.15, 0.2) is 17.4 Å². The number of hydrogen-bond donors (Lipinski definition) is 1. The van der Waals surface area contributed by atoms with Crippen LogP contribution in [0, 0.1) is 13.8 Å². The lowest BCUT2D eigenvalue weighted by molar-refractivity contribution is 0.0469. The lowest BCUT2D eigenvalue weighted by Gasteiger charge is -2.14. The monoisotopic (exact) mass is 403 g/mol. The molecule has 3 rings (SSSR count). The molecule has 28 heavy (non-hydrogen) atoms. The van der Waals surface area contributed by atoms with E-state index in [0.29, 0.717) is 17.2 Å². The summed E-state index contributed by atoms with van der Waals surface area (Å²) in [7, 11) is 0. The third-order valence-corrected chi connectivity index (χ3v) is 5.53. The van der Waals surface area contributed by atoms with E-state index in [1.807, 2.05) is 19.9 Å². The molecule has 2 aromatic rings. The Bertz CT molecular complexity index is 865. The lowest BCUT2D eigenvalue weighted by atomic mass is 10.1. The first kappa shape index (κ1) is 20.3. The van der Waals surface area contributed by atoms with Crippen molar-refractivity contribution in [3.05, 3.63) is 46.7 Å². The van der Waals surface area contributed by atoms with Crippen molar-refractivity contribution in [3.8, 4) is 0 Å². The average molecular weight is 404 g/mol. The van der Waals surface area contributed by atoms with Crippen LogP contribution in [0.25, 0.3) is 0 Å². The highest BCUT2D eigenvalue weighted by Gasteiger charge is 2.22. The maximum atomic E-state index is 12.6. The first-order valence-corrected chi connectivity index (χ1v) is 10.2. The van der Waals surface area contributed by atoms with Crippen LogP contribution < -0.4 is 5.32 Å². The fraction of sp³-hybridized carbons (Fsp3) is 0.450. The summed E-state index contributed by atoms with van der Waals surface area (Å²) in [4.78, 5) is 28.9. The number of ketones is 1. The Labute approximate surface area is 168 Å². The van der Waals surface area contributed by atoms with Gasteiger partial charge in [-0.2, -0.15) is 0 Å². The molecular formula is C20H25N3O4S. The standard InChI is InChI=1S/C20H25N3O4S/c1-4-7-21-20-22-17(12-28-20)19(25)27-11-18(24)16-9-13(2)23(14(16)3)10-15-6-5-8-26-15/h4,9,12,15H,1,5-8,10-11H2,2-3H3,(H,21,22)/t15-/m1/s1. The van der Waals surface area contributed by atoms with Crippen molar-refractivity contribution >= 4 is 28.2 Å². The number of ether oxygens (including phenoxy) is 2. The maximum Gasteiger partial charge on any atom is 0.358 e. The first-order chi connectivity index (χ1) is 13.5. The van der Waals surface area contributed by atoms with E-state index >= 15 is 0 Å². The molecule has 1 fully saturated rings. The molecule has 0 saturated carbocycles. The van der Waals surface area contributed by atoms with E-state index in [1.165, 1.54) is 11.3 Å². The predicted molar refractivity (Wildman–Crippen MR) is 108 cm³/mol. The number of thiazole rings is 1. The van der Waals surface area contributed by atoms with Gasteiger partial charge < -0.3 is 19.4 Å². The van der Waals surface area contributed by atoms with Crippen molar-refractivity contribution in [2.45, 2.75) is 39.3 Å². The van der Waals surface area contributed by atoms with Crippen LogP contribution in [0.3, 0.4) is 0 Å². The Morgan fingerprint density at radius 1 is 1.50 bits per heavy atom. The van der Waals surface area contributed by atoms with Crippen LogP contribution in [0.4, 0.5) is 5.13 Å². The molecule has 150 valence electrons. The molecule has 1 N–H and O–H groups in total. The van der Waals surface area contributed by atoms with E-state index in [4.69, 9.17) is 9.47 Å². The van der Waals surface area contributed by atoms with E-state index in [1.54, 1.807) is 11.5 Å². The van der Waals surface area contributed by atoms with Gasteiger partial charge in [0.25, 0.3) is 0 Å². The largest absolute Gasteiger partial charge is 0.453 e. The summed E-state index contributed by atoms with van der Waals surface area (Å²) in [6.45, 7) is 9.28. The van der Waals surface area contributed by atoms with E-state index in [-0.39, 0.29) is 24.2 Å². The van der Waals surface area contributed by atoms with Crippen LogP contribution in [-0.2, 0) is 16.0 Å². The molecule has 1 aliphatic rings. The number of nitrogens with one attached hydrogen (secondary N) is 1. The molecule has 0 aromatic carbocycles. The van der Waals surface area contributed by atoms with Gasteiger partial charge in [0.2, 0.25) is 5.78 Å². The number of rotatable bonds is 9. The predicted octanol–water partition coefficient (Wildman–Crippen LogP) is 3.38. The molecule has 2 aromatic heterocycles. The number of esters is 1. The molecule has 0 bridgehead atoms. The summed E-state index contributed by atoms with van der Waals surface area (Å²) >= 11 is 1.30. The fourth-order valence-corrected chi connectivity index (χ4v) is 3.94. The van der Waals surface area contributed by atoms with Gasteiger partial charge in [0.05, 0.1) is 6.10 Å². The third-order valence-electron chi connectivity index (χ3n) is 4.73. The molecule has 0 amide bonds. The quantitative estimate of drug-likeness (QED) is 0.393. The SMILES string of the molecule is C=CCNc1nc(C(=O)OCC(=O)c2cc(C)n(C[C@H]3CCCO3)c2C)cs1. The number of carbonyl (C=O) groups is 2. The molecule has 0 aliphatic carbocycles. The smallest absolute Gasteiger partial charge is 0.358 e. The molecule has 1 saturated heterocycles. The number of aryl methyl sites for hydroxylation is 1. The minimum Gasteiger partial charge on any atom is -0.453 e. The number of hydrogen-bond acceptors (Lipinski definition) is 7. The molecule has 0 spiro atoms. The van der Waals surface area contributed by atoms with Crippen molar-refractivity contribution in [2.24, 2.45) is 0 Å². The number of aromatic nitrogens is 2. The highest BCUT2D eigenvalue weighted by Crippen LogP contribution is 2.21. The third kappa shape index (κ3) is 4.69. The van der Waals surface area contributed by atoms with E-state index in [9.17, 15) is 9.59 Å². The van der Waals surface area contributed by atoms with Crippen LogP contribution in [0.15, 0.2) is 24.1 Å². The van der Waals surface area contributed by atoms with Crippen molar-refractivity contribution in [2.75, 3.05) is 25.1 Å². The second-order valence-electron chi connectivity index (χ2n) is 6.74. The minimum atomic E-state index is -0.607. The van der Waals surface area contributed by atoms with Crippen LogP contribution in [-0.4, -0.2) is 47.2 Å². The summed E-state index contributed by atoms with van der Waals surface area (Å²) in [5, 5.41) is 5.22. The van der Waals surface area contributed by atoms with Crippen molar-refractivity contribution in [1.82, 2.24) is 9.55 Å². The Kier molecular flexibility index (Phi) is 6.64. The number of nitrogens with zero attached hydrogens (tertiary/aromatic N) is 2. The molecule has 0 radical (unpaired) electrons. The Morgan fingerprint density at radius 3 is 3.04 bits per heavy atom. The molecule has 1 atom stereocenters. The van der Waals surface area contributed by atoms with Crippen LogP contribution in [0.1, 0.15) is 45.1 Å². The van der Waals surface area contributed by atoms with E-state index < -0.39 is 5.97 Å². The molecule has 3 heterocycles. The van der Waals surface area contributed by atoms with Gasteiger partial charge in [-0.1, -0.05) is 6.08 Å². The van der Waals surface area contributed by atoms with Crippen molar-refractivity contribution in [3.63, 3.8) is 0 Å². The minimum absolute atomic E-state index is 0.188. The van der Waals surface area contributed by atoms with Gasteiger partial charge in [-0.05, 0) is 32.8 Å². The van der Waals surface area contributed by atoms with Gasteiger partial charge in [0.1, 0.15) is 0 Å². The summed E-state index contributed by atoms with van der Waals surface area (Å²) in [6, 6.07) is 1.85. The Hall–Kier alpha value is -2.45. The fourth-order valence-electron chi connectivity index (χ4n) is 3.25. The molecule has 0 unspecified atom stereocenters. The van der Waals surface area contributed by atoms with Gasteiger partial charge in [-0.25, -0.2) is 9.78 Å². The molecule has 8 heteroatoms. The highest BCUT2D eigenvalue weighted by atomic mass is 32.1.